The number of imide groups is 1. The fourth-order valence-corrected chi connectivity index (χ4v) is 7.51. The molecule has 0 saturated carbocycles. The molecule has 48 heavy (non-hydrogen) atoms. The summed E-state index contributed by atoms with van der Waals surface area (Å²) in [5.41, 5.74) is 7.93. The van der Waals surface area contributed by atoms with Gasteiger partial charge in [-0.1, -0.05) is 37.3 Å². The number of ether oxygens (including phenoxy) is 1. The van der Waals surface area contributed by atoms with E-state index in [0.29, 0.717) is 37.2 Å². The number of nitriles is 1. The van der Waals surface area contributed by atoms with Gasteiger partial charge in [-0.3, -0.25) is 24.6 Å². The number of benzene rings is 3. The summed E-state index contributed by atoms with van der Waals surface area (Å²) < 4.78 is 6.37. The number of terminal acetylenes is 1. The van der Waals surface area contributed by atoms with Crippen molar-refractivity contribution in [2.75, 3.05) is 31.1 Å². The Hall–Kier alpha value is -4.92. The first kappa shape index (κ1) is 33.0. The number of piperidine rings is 1. The Morgan fingerprint density at radius 1 is 0.979 bits per heavy atom. The lowest BCUT2D eigenvalue weighted by atomic mass is 9.74. The quantitative estimate of drug-likeness (QED) is 0.200. The summed E-state index contributed by atoms with van der Waals surface area (Å²) in [5, 5.41) is 11.8. The van der Waals surface area contributed by atoms with Crippen molar-refractivity contribution in [3.63, 3.8) is 0 Å². The normalized spacial score (nSPS) is 21.5. The molecule has 3 atom stereocenters. The molecule has 1 N–H and O–H groups in total. The van der Waals surface area contributed by atoms with Crippen molar-refractivity contribution in [3.05, 3.63) is 93.5 Å². The number of anilines is 1. The lowest BCUT2D eigenvalue weighted by molar-refractivity contribution is -0.137. The molecule has 0 spiro atoms. The molecule has 2 unspecified atom stereocenters. The monoisotopic (exact) mass is 642 g/mol. The van der Waals surface area contributed by atoms with E-state index < -0.39 is 23.7 Å². The molecule has 1 aliphatic carbocycles. The highest BCUT2D eigenvalue weighted by molar-refractivity contribution is 6.06. The first-order valence-electron chi connectivity index (χ1n) is 17.0. The van der Waals surface area contributed by atoms with Crippen LogP contribution in [0.2, 0.25) is 0 Å². The smallest absolute Gasteiger partial charge is 0.230 e. The minimum atomic E-state index is -0.665. The number of carbonyl (C=O) groups excluding carboxylic acids is 3. The largest absolute Gasteiger partial charge is 0.489 e. The number of amides is 2. The second kappa shape index (κ2) is 14.5. The van der Waals surface area contributed by atoms with Gasteiger partial charge in [0.1, 0.15) is 12.4 Å². The standard InChI is InChI=1S/C40H42N4O4/c1-4-28-12-14-33-34(39(46)38(28)35-15-16-37(45)42-40(35)47)7-6-8-36(33)48-25-31-10-9-27(21-26(31)3)24-43-17-19-44(20-18-43)32-13-11-30(23-41)29(5-2)22-32/h1,6-11,13,21-22,28,35,38H,5,12,14-20,24-25H2,2-3H3,(H,42,45,47)/t28?,35-,38?/m1/s1. The second-order valence-corrected chi connectivity index (χ2v) is 13.2. The average Bonchev–Trinajstić information content (AvgIpc) is 3.24. The lowest BCUT2D eigenvalue weighted by Gasteiger charge is -2.36. The van der Waals surface area contributed by atoms with E-state index >= 15 is 0 Å². The summed E-state index contributed by atoms with van der Waals surface area (Å²) in [6.07, 6.45) is 8.43. The Balaban J connectivity index is 1.08. The highest BCUT2D eigenvalue weighted by atomic mass is 16.5. The first-order chi connectivity index (χ1) is 23.3. The molecule has 0 bridgehead atoms. The van der Waals surface area contributed by atoms with Crippen LogP contribution in [0.5, 0.6) is 5.75 Å². The molecular formula is C40H42N4O4. The molecular weight excluding hydrogens is 600 g/mol. The van der Waals surface area contributed by atoms with Gasteiger partial charge in [0.05, 0.1) is 17.6 Å². The number of ketones is 1. The van der Waals surface area contributed by atoms with Crippen LogP contribution in [0.15, 0.2) is 54.6 Å². The Bertz CT molecular complexity index is 1810. The van der Waals surface area contributed by atoms with Crippen molar-refractivity contribution in [3.8, 4) is 24.2 Å². The SMILES string of the molecule is C#CC1CCc2c(OCc3ccc(CN4CCN(c5ccc(C#N)c(CC)c5)CC4)cc3C)cccc2C(=O)C1[C@H]1CCC(=O)NC1=O. The van der Waals surface area contributed by atoms with Crippen LogP contribution in [0.4, 0.5) is 5.69 Å². The van der Waals surface area contributed by atoms with E-state index in [-0.39, 0.29) is 18.1 Å². The van der Waals surface area contributed by atoms with Crippen LogP contribution in [-0.4, -0.2) is 48.7 Å². The number of nitrogens with zero attached hydrogens (tertiary/aromatic N) is 3. The van der Waals surface area contributed by atoms with Gasteiger partial charge in [-0.25, -0.2) is 0 Å². The third-order valence-corrected chi connectivity index (χ3v) is 10.3. The number of piperazine rings is 1. The van der Waals surface area contributed by atoms with Gasteiger partial charge in [-0.2, -0.15) is 5.26 Å². The summed E-state index contributed by atoms with van der Waals surface area (Å²) in [4.78, 5) is 43.3. The molecule has 2 heterocycles. The second-order valence-electron chi connectivity index (χ2n) is 13.2. The molecule has 6 rings (SSSR count). The van der Waals surface area contributed by atoms with Crippen molar-refractivity contribution < 1.29 is 19.1 Å². The third-order valence-electron chi connectivity index (χ3n) is 10.3. The van der Waals surface area contributed by atoms with Gasteiger partial charge in [0, 0.05) is 67.8 Å². The summed E-state index contributed by atoms with van der Waals surface area (Å²) in [6, 6.07) is 20.5. The summed E-state index contributed by atoms with van der Waals surface area (Å²) in [6.45, 7) is 9.26. The van der Waals surface area contributed by atoms with E-state index in [2.05, 4.69) is 71.3 Å². The van der Waals surface area contributed by atoms with Crippen molar-refractivity contribution in [2.24, 2.45) is 17.8 Å². The van der Waals surface area contributed by atoms with Gasteiger partial charge in [0.25, 0.3) is 0 Å². The van der Waals surface area contributed by atoms with Crippen LogP contribution in [0.1, 0.15) is 69.9 Å². The fourth-order valence-electron chi connectivity index (χ4n) is 7.51. The van der Waals surface area contributed by atoms with E-state index in [4.69, 9.17) is 11.2 Å². The summed E-state index contributed by atoms with van der Waals surface area (Å²) in [7, 11) is 0. The first-order valence-corrected chi connectivity index (χ1v) is 17.0. The molecule has 246 valence electrons. The minimum Gasteiger partial charge on any atom is -0.489 e. The highest BCUT2D eigenvalue weighted by Gasteiger charge is 2.43. The zero-order valence-electron chi connectivity index (χ0n) is 27.8. The Labute approximate surface area is 283 Å². The average molecular weight is 643 g/mol. The zero-order chi connectivity index (χ0) is 33.8. The molecule has 2 saturated heterocycles. The Kier molecular flexibility index (Phi) is 9.94. The molecule has 3 aromatic rings. The maximum Gasteiger partial charge on any atom is 0.230 e. The number of hydrogen-bond acceptors (Lipinski definition) is 7. The van der Waals surface area contributed by atoms with E-state index in [1.807, 2.05) is 18.2 Å². The van der Waals surface area contributed by atoms with Crippen LogP contribution < -0.4 is 15.0 Å². The van der Waals surface area contributed by atoms with Crippen LogP contribution in [0, 0.1) is 48.4 Å². The molecule has 2 amide bonds. The highest BCUT2D eigenvalue weighted by Crippen LogP contribution is 2.39. The van der Waals surface area contributed by atoms with Gasteiger partial charge in [-0.15, -0.1) is 12.3 Å². The van der Waals surface area contributed by atoms with Crippen LogP contribution >= 0.6 is 0 Å². The van der Waals surface area contributed by atoms with Crippen molar-refractivity contribution in [2.45, 2.75) is 59.1 Å². The molecule has 2 fully saturated rings. The molecule has 2 aliphatic heterocycles. The van der Waals surface area contributed by atoms with Gasteiger partial charge in [0.2, 0.25) is 11.8 Å². The van der Waals surface area contributed by atoms with E-state index in [9.17, 15) is 19.6 Å². The molecule has 3 aliphatic rings. The molecule has 0 aromatic heterocycles. The topological polar surface area (TPSA) is 103 Å². The Morgan fingerprint density at radius 3 is 2.50 bits per heavy atom. The lowest BCUT2D eigenvalue weighted by Crippen LogP contribution is -2.47. The number of carbonyl (C=O) groups is 3. The number of rotatable bonds is 8. The van der Waals surface area contributed by atoms with Crippen LogP contribution in [0.25, 0.3) is 0 Å². The number of aryl methyl sites for hydroxylation is 2. The maximum atomic E-state index is 13.9. The third kappa shape index (κ3) is 6.86. The van der Waals surface area contributed by atoms with Crippen molar-refractivity contribution in [1.29, 1.82) is 5.26 Å². The van der Waals surface area contributed by atoms with Gasteiger partial charge in [0.15, 0.2) is 5.78 Å². The van der Waals surface area contributed by atoms with Crippen LogP contribution in [0.3, 0.4) is 0 Å². The van der Waals surface area contributed by atoms with E-state index in [1.165, 1.54) is 11.3 Å². The van der Waals surface area contributed by atoms with Crippen molar-refractivity contribution in [1.82, 2.24) is 10.2 Å². The predicted octanol–water partition coefficient (Wildman–Crippen LogP) is 5.38. The maximum absolute atomic E-state index is 13.9. The molecule has 0 radical (unpaired) electrons. The van der Waals surface area contributed by atoms with E-state index in [1.54, 1.807) is 6.07 Å². The number of hydrogen-bond donors (Lipinski definition) is 1. The zero-order valence-corrected chi connectivity index (χ0v) is 27.8. The fraction of sp³-hybridized carbons (Fsp3) is 0.400. The van der Waals surface area contributed by atoms with Crippen molar-refractivity contribution >= 4 is 23.3 Å². The molecule has 3 aromatic carbocycles. The van der Waals surface area contributed by atoms with Gasteiger partial charge < -0.3 is 9.64 Å². The number of fused-ring (bicyclic) bond motifs is 1. The van der Waals surface area contributed by atoms with Crippen LogP contribution in [-0.2, 0) is 35.6 Å². The summed E-state index contributed by atoms with van der Waals surface area (Å²) in [5.74, 6) is 0.907. The number of Topliss-reactive ketones (excluding diaryl/α,β-unsaturated/α-hetero) is 1. The minimum absolute atomic E-state index is 0.144. The van der Waals surface area contributed by atoms with E-state index in [0.717, 1.165) is 67.0 Å². The van der Waals surface area contributed by atoms with Gasteiger partial charge >= 0.3 is 0 Å². The molecule has 8 heteroatoms. The van der Waals surface area contributed by atoms with Gasteiger partial charge in [-0.05, 0) is 79.1 Å². The summed E-state index contributed by atoms with van der Waals surface area (Å²) >= 11 is 0. The number of nitrogens with one attached hydrogen (secondary N) is 1. The predicted molar refractivity (Wildman–Crippen MR) is 184 cm³/mol. The Morgan fingerprint density at radius 2 is 1.79 bits per heavy atom. The molecule has 8 nitrogen and oxygen atoms in total.